The van der Waals surface area contributed by atoms with E-state index < -0.39 is 0 Å². The SMILES string of the molecule is CC1=C(O)C(=S)CC=N1. The second-order valence-corrected chi connectivity index (χ2v) is 2.37. The number of thiocarbonyl (C=S) groups is 1. The highest BCUT2D eigenvalue weighted by Crippen LogP contribution is 2.10. The van der Waals surface area contributed by atoms with E-state index in [4.69, 9.17) is 17.3 Å². The third-order valence-electron chi connectivity index (χ3n) is 1.17. The zero-order valence-corrected chi connectivity index (χ0v) is 5.90. The molecule has 1 N–H and O–H groups in total. The first kappa shape index (κ1) is 6.42. The maximum Gasteiger partial charge on any atom is 0.150 e. The molecular weight excluding hydrogens is 134 g/mol. The summed E-state index contributed by atoms with van der Waals surface area (Å²) < 4.78 is 0. The van der Waals surface area contributed by atoms with Gasteiger partial charge < -0.3 is 5.11 Å². The van der Waals surface area contributed by atoms with Crippen molar-refractivity contribution in [2.45, 2.75) is 13.3 Å². The molecular formula is C6H7NOS. The fourth-order valence-corrected chi connectivity index (χ4v) is 0.847. The Morgan fingerprint density at radius 2 is 2.44 bits per heavy atom. The average Bonchev–Trinajstić information content (AvgIpc) is 1.83. The lowest BCUT2D eigenvalue weighted by Gasteiger charge is -2.05. The van der Waals surface area contributed by atoms with E-state index in [1.807, 2.05) is 0 Å². The third kappa shape index (κ3) is 1.16. The van der Waals surface area contributed by atoms with E-state index in [2.05, 4.69) is 4.99 Å². The van der Waals surface area contributed by atoms with Gasteiger partial charge in [-0.2, -0.15) is 0 Å². The first-order valence-electron chi connectivity index (χ1n) is 2.67. The largest absolute Gasteiger partial charge is 0.505 e. The molecule has 0 atom stereocenters. The molecule has 0 aromatic rings. The van der Waals surface area contributed by atoms with Gasteiger partial charge in [0.2, 0.25) is 0 Å². The van der Waals surface area contributed by atoms with Gasteiger partial charge in [0.25, 0.3) is 0 Å². The van der Waals surface area contributed by atoms with Gasteiger partial charge in [-0.3, -0.25) is 4.99 Å². The Kier molecular flexibility index (Phi) is 1.62. The standard InChI is InChI=1S/C6H7NOS/c1-4-6(8)5(9)2-3-7-4/h3,8H,2H2,1H3. The molecule has 0 aromatic heterocycles. The average molecular weight is 141 g/mol. The van der Waals surface area contributed by atoms with Crippen molar-refractivity contribution in [2.24, 2.45) is 4.99 Å². The zero-order chi connectivity index (χ0) is 6.85. The highest BCUT2D eigenvalue weighted by atomic mass is 32.1. The molecule has 0 unspecified atom stereocenters. The number of allylic oxidation sites excluding steroid dienone is 2. The molecule has 1 rings (SSSR count). The minimum Gasteiger partial charge on any atom is -0.505 e. The summed E-state index contributed by atoms with van der Waals surface area (Å²) in [6.45, 7) is 1.73. The van der Waals surface area contributed by atoms with Crippen molar-refractivity contribution in [1.82, 2.24) is 0 Å². The molecule has 0 saturated carbocycles. The number of hydrogen-bond donors (Lipinski definition) is 1. The van der Waals surface area contributed by atoms with Crippen LogP contribution in [0.2, 0.25) is 0 Å². The summed E-state index contributed by atoms with van der Waals surface area (Å²) in [7, 11) is 0. The lowest BCUT2D eigenvalue weighted by Crippen LogP contribution is -2.05. The minimum absolute atomic E-state index is 0.174. The van der Waals surface area contributed by atoms with E-state index in [0.29, 0.717) is 17.0 Å². The fourth-order valence-electron chi connectivity index (χ4n) is 0.625. The van der Waals surface area contributed by atoms with Gasteiger partial charge in [0, 0.05) is 12.6 Å². The topological polar surface area (TPSA) is 32.6 Å². The van der Waals surface area contributed by atoms with E-state index in [1.165, 1.54) is 0 Å². The second-order valence-electron chi connectivity index (χ2n) is 1.87. The molecule has 9 heavy (non-hydrogen) atoms. The van der Waals surface area contributed by atoms with E-state index >= 15 is 0 Å². The predicted molar refractivity (Wildman–Crippen MR) is 41.0 cm³/mol. The number of hydrogen-bond acceptors (Lipinski definition) is 3. The summed E-state index contributed by atoms with van der Waals surface area (Å²) in [5, 5.41) is 9.07. The maximum absolute atomic E-state index is 9.07. The van der Waals surface area contributed by atoms with Gasteiger partial charge in [0.1, 0.15) is 0 Å². The van der Waals surface area contributed by atoms with Crippen LogP contribution in [0.15, 0.2) is 16.4 Å². The van der Waals surface area contributed by atoms with Crippen molar-refractivity contribution < 1.29 is 5.11 Å². The van der Waals surface area contributed by atoms with Crippen molar-refractivity contribution in [3.63, 3.8) is 0 Å². The van der Waals surface area contributed by atoms with E-state index in [9.17, 15) is 0 Å². The molecule has 1 aliphatic heterocycles. The first-order chi connectivity index (χ1) is 4.22. The monoisotopic (exact) mass is 141 g/mol. The molecule has 0 radical (unpaired) electrons. The Bertz CT molecular complexity index is 205. The summed E-state index contributed by atoms with van der Waals surface area (Å²) in [5.74, 6) is 0.174. The van der Waals surface area contributed by atoms with E-state index in [0.717, 1.165) is 0 Å². The van der Waals surface area contributed by atoms with Crippen LogP contribution in [0.25, 0.3) is 0 Å². The van der Waals surface area contributed by atoms with Crippen LogP contribution in [0.5, 0.6) is 0 Å². The summed E-state index contributed by atoms with van der Waals surface area (Å²) in [6, 6.07) is 0. The smallest absolute Gasteiger partial charge is 0.150 e. The van der Waals surface area contributed by atoms with Crippen molar-refractivity contribution in [3.8, 4) is 0 Å². The van der Waals surface area contributed by atoms with Crippen molar-refractivity contribution >= 4 is 23.3 Å². The predicted octanol–water partition coefficient (Wildman–Crippen LogP) is 1.62. The second kappa shape index (κ2) is 2.27. The molecule has 1 aliphatic rings. The molecule has 3 heteroatoms. The Balaban J connectivity index is 2.97. The van der Waals surface area contributed by atoms with Crippen molar-refractivity contribution in [3.05, 3.63) is 11.5 Å². The number of aliphatic hydroxyl groups excluding tert-OH is 1. The normalized spacial score (nSPS) is 19.0. The number of aliphatic hydroxyl groups is 1. The van der Waals surface area contributed by atoms with Crippen LogP contribution < -0.4 is 0 Å². The molecule has 0 fully saturated rings. The summed E-state index contributed by atoms with van der Waals surface area (Å²) in [5.41, 5.74) is 0.617. The third-order valence-corrected chi connectivity index (χ3v) is 1.53. The molecule has 0 aromatic carbocycles. The van der Waals surface area contributed by atoms with Gasteiger partial charge in [0.15, 0.2) is 5.76 Å². The Hall–Kier alpha value is -0.700. The lowest BCUT2D eigenvalue weighted by atomic mass is 10.2. The van der Waals surface area contributed by atoms with Crippen molar-refractivity contribution in [1.29, 1.82) is 0 Å². The van der Waals surface area contributed by atoms with Gasteiger partial charge in [0.05, 0.1) is 10.6 Å². The summed E-state index contributed by atoms with van der Waals surface area (Å²) in [4.78, 5) is 4.46. The fraction of sp³-hybridized carbons (Fsp3) is 0.333. The van der Waals surface area contributed by atoms with Crippen LogP contribution in [0.3, 0.4) is 0 Å². The molecule has 0 amide bonds. The van der Waals surface area contributed by atoms with Gasteiger partial charge >= 0.3 is 0 Å². The number of rotatable bonds is 0. The first-order valence-corrected chi connectivity index (χ1v) is 3.08. The Labute approximate surface area is 58.9 Å². The van der Waals surface area contributed by atoms with Gasteiger partial charge in [-0.1, -0.05) is 12.2 Å². The highest BCUT2D eigenvalue weighted by Gasteiger charge is 2.08. The van der Waals surface area contributed by atoms with Crippen LogP contribution in [0.4, 0.5) is 0 Å². The number of aliphatic imine (C=N–C) groups is 1. The molecule has 0 saturated heterocycles. The zero-order valence-electron chi connectivity index (χ0n) is 5.09. The van der Waals surface area contributed by atoms with Crippen LogP contribution in [-0.2, 0) is 0 Å². The Morgan fingerprint density at radius 1 is 1.78 bits per heavy atom. The maximum atomic E-state index is 9.07. The van der Waals surface area contributed by atoms with Gasteiger partial charge in [-0.05, 0) is 6.92 Å². The molecule has 1 heterocycles. The van der Waals surface area contributed by atoms with Gasteiger partial charge in [-0.15, -0.1) is 0 Å². The molecule has 0 aliphatic carbocycles. The quantitative estimate of drug-likeness (QED) is 0.520. The van der Waals surface area contributed by atoms with E-state index in [-0.39, 0.29) is 5.76 Å². The number of nitrogens with zero attached hydrogens (tertiary/aromatic N) is 1. The minimum atomic E-state index is 0.174. The molecule has 48 valence electrons. The van der Waals surface area contributed by atoms with Crippen LogP contribution in [0, 0.1) is 0 Å². The highest BCUT2D eigenvalue weighted by molar-refractivity contribution is 7.80. The van der Waals surface area contributed by atoms with Crippen molar-refractivity contribution in [2.75, 3.05) is 0 Å². The Morgan fingerprint density at radius 3 is 2.89 bits per heavy atom. The lowest BCUT2D eigenvalue weighted by molar-refractivity contribution is 0.436. The molecule has 2 nitrogen and oxygen atoms in total. The summed E-state index contributed by atoms with van der Waals surface area (Å²) >= 11 is 4.81. The summed E-state index contributed by atoms with van der Waals surface area (Å²) in [6.07, 6.45) is 2.30. The van der Waals surface area contributed by atoms with Crippen LogP contribution in [0.1, 0.15) is 13.3 Å². The molecule has 0 spiro atoms. The van der Waals surface area contributed by atoms with Crippen LogP contribution >= 0.6 is 12.2 Å². The van der Waals surface area contributed by atoms with Crippen LogP contribution in [-0.4, -0.2) is 16.2 Å². The molecule has 0 bridgehead atoms. The van der Waals surface area contributed by atoms with E-state index in [1.54, 1.807) is 13.1 Å². The van der Waals surface area contributed by atoms with Gasteiger partial charge in [-0.25, -0.2) is 0 Å².